The van der Waals surface area contributed by atoms with Crippen LogP contribution in [0.5, 0.6) is 0 Å². The number of likely N-dealkylation sites (tertiary alicyclic amines) is 1. The maximum atomic E-state index is 12.1. The number of amides is 2. The minimum absolute atomic E-state index is 0.121. The number of nitrogen functional groups attached to an aromatic ring is 1. The number of nitrogens with two attached hydrogens (primary N) is 2. The fourth-order valence-electron chi connectivity index (χ4n) is 2.52. The molecule has 0 saturated carbocycles. The molecule has 7 heteroatoms. The number of benzene rings is 1. The van der Waals surface area contributed by atoms with E-state index in [9.17, 15) is 9.59 Å². The topological polar surface area (TPSA) is 101 Å². The Balaban J connectivity index is 1.98. The fraction of sp³-hybridized carbons (Fsp3) is 0.429. The molecule has 1 saturated heterocycles. The molecule has 114 valence electrons. The second kappa shape index (κ2) is 6.78. The number of carbonyl (C=O) groups excluding carboxylic acids is 2. The number of rotatable bonds is 4. The Hall–Kier alpha value is -1.79. The first kappa shape index (κ1) is 15.6. The van der Waals surface area contributed by atoms with Gasteiger partial charge in [-0.2, -0.15) is 0 Å². The summed E-state index contributed by atoms with van der Waals surface area (Å²) in [4.78, 5) is 25.3. The normalized spacial score (nSPS) is 19.2. The van der Waals surface area contributed by atoms with E-state index in [1.807, 2.05) is 4.90 Å². The molecule has 0 spiro atoms. The predicted molar refractivity (Wildman–Crippen MR) is 82.9 cm³/mol. The van der Waals surface area contributed by atoms with Gasteiger partial charge in [0.1, 0.15) is 0 Å². The Kier molecular flexibility index (Phi) is 5.03. The van der Waals surface area contributed by atoms with Gasteiger partial charge in [-0.1, -0.05) is 18.0 Å². The average molecular weight is 311 g/mol. The second-order valence-electron chi connectivity index (χ2n) is 5.16. The minimum Gasteiger partial charge on any atom is -0.397 e. The van der Waals surface area contributed by atoms with Gasteiger partial charge < -0.3 is 16.8 Å². The monoisotopic (exact) mass is 310 g/mol. The van der Waals surface area contributed by atoms with Gasteiger partial charge in [0.05, 0.1) is 24.0 Å². The van der Waals surface area contributed by atoms with Gasteiger partial charge in [-0.05, 0) is 37.6 Å². The molecule has 21 heavy (non-hydrogen) atoms. The summed E-state index contributed by atoms with van der Waals surface area (Å²) in [6, 6.07) is 4.51. The van der Waals surface area contributed by atoms with Crippen molar-refractivity contribution >= 4 is 34.8 Å². The molecule has 2 amide bonds. The van der Waals surface area contributed by atoms with E-state index in [0.717, 1.165) is 12.8 Å². The lowest BCUT2D eigenvalue weighted by molar-refractivity contribution is -0.126. The first-order chi connectivity index (χ1) is 9.97. The molecule has 0 aliphatic carbocycles. The first-order valence-corrected chi connectivity index (χ1v) is 7.23. The maximum absolute atomic E-state index is 12.1. The van der Waals surface area contributed by atoms with Crippen molar-refractivity contribution in [3.63, 3.8) is 0 Å². The van der Waals surface area contributed by atoms with Gasteiger partial charge in [0, 0.05) is 5.02 Å². The summed E-state index contributed by atoms with van der Waals surface area (Å²) >= 11 is 5.81. The van der Waals surface area contributed by atoms with Crippen molar-refractivity contribution < 1.29 is 9.59 Å². The summed E-state index contributed by atoms with van der Waals surface area (Å²) < 4.78 is 0. The number of anilines is 2. The van der Waals surface area contributed by atoms with Crippen molar-refractivity contribution in [2.75, 3.05) is 24.1 Å². The van der Waals surface area contributed by atoms with E-state index in [1.54, 1.807) is 18.2 Å². The fourth-order valence-corrected chi connectivity index (χ4v) is 2.70. The third-order valence-electron chi connectivity index (χ3n) is 3.58. The van der Waals surface area contributed by atoms with E-state index < -0.39 is 0 Å². The van der Waals surface area contributed by atoms with Crippen LogP contribution in [0, 0.1) is 0 Å². The lowest BCUT2D eigenvalue weighted by Crippen LogP contribution is -2.50. The number of nitrogens with zero attached hydrogens (tertiary/aromatic N) is 1. The Labute approximate surface area is 128 Å². The number of piperidine rings is 1. The van der Waals surface area contributed by atoms with Crippen molar-refractivity contribution in [1.82, 2.24) is 4.90 Å². The highest BCUT2D eigenvalue weighted by Crippen LogP contribution is 2.23. The molecule has 5 N–H and O–H groups in total. The van der Waals surface area contributed by atoms with Crippen LogP contribution in [0.2, 0.25) is 5.02 Å². The highest BCUT2D eigenvalue weighted by atomic mass is 35.5. The predicted octanol–water partition coefficient (Wildman–Crippen LogP) is 1.20. The van der Waals surface area contributed by atoms with Crippen molar-refractivity contribution in [2.45, 2.75) is 25.3 Å². The lowest BCUT2D eigenvalue weighted by Gasteiger charge is -2.32. The van der Waals surface area contributed by atoms with E-state index in [4.69, 9.17) is 23.1 Å². The summed E-state index contributed by atoms with van der Waals surface area (Å²) in [7, 11) is 0. The largest absolute Gasteiger partial charge is 0.397 e. The molecule has 0 radical (unpaired) electrons. The Morgan fingerprint density at radius 3 is 2.81 bits per heavy atom. The van der Waals surface area contributed by atoms with Crippen molar-refractivity contribution in [3.05, 3.63) is 23.2 Å². The Morgan fingerprint density at radius 2 is 2.14 bits per heavy atom. The van der Waals surface area contributed by atoms with Gasteiger partial charge in [0.2, 0.25) is 11.8 Å². The number of hydrogen-bond donors (Lipinski definition) is 3. The summed E-state index contributed by atoms with van der Waals surface area (Å²) in [6.07, 6.45) is 2.61. The smallest absolute Gasteiger partial charge is 0.238 e. The number of halogens is 1. The van der Waals surface area contributed by atoms with Gasteiger partial charge in [0.15, 0.2) is 0 Å². The van der Waals surface area contributed by atoms with Crippen LogP contribution in [0.1, 0.15) is 19.3 Å². The van der Waals surface area contributed by atoms with Gasteiger partial charge in [0.25, 0.3) is 0 Å². The summed E-state index contributed by atoms with van der Waals surface area (Å²) in [5.41, 5.74) is 12.1. The third-order valence-corrected chi connectivity index (χ3v) is 3.81. The van der Waals surface area contributed by atoms with Crippen molar-refractivity contribution in [2.24, 2.45) is 5.73 Å². The molecule has 1 heterocycles. The van der Waals surface area contributed by atoms with Crippen LogP contribution < -0.4 is 16.8 Å². The highest BCUT2D eigenvalue weighted by Gasteiger charge is 2.28. The first-order valence-electron chi connectivity index (χ1n) is 6.85. The van der Waals surface area contributed by atoms with Gasteiger partial charge >= 0.3 is 0 Å². The van der Waals surface area contributed by atoms with E-state index in [0.29, 0.717) is 29.4 Å². The van der Waals surface area contributed by atoms with Gasteiger partial charge in [-0.25, -0.2) is 0 Å². The van der Waals surface area contributed by atoms with Crippen LogP contribution in [0.3, 0.4) is 0 Å². The molecule has 1 atom stereocenters. The van der Waals surface area contributed by atoms with Crippen LogP contribution in [-0.4, -0.2) is 35.8 Å². The molecule has 0 aromatic heterocycles. The van der Waals surface area contributed by atoms with Crippen LogP contribution >= 0.6 is 11.6 Å². The van der Waals surface area contributed by atoms with E-state index in [-0.39, 0.29) is 24.4 Å². The zero-order chi connectivity index (χ0) is 15.4. The number of primary amides is 1. The Bertz CT molecular complexity index is 550. The number of carbonyl (C=O) groups is 2. The molecule has 1 aliphatic heterocycles. The van der Waals surface area contributed by atoms with Crippen LogP contribution in [0.4, 0.5) is 11.4 Å². The average Bonchev–Trinajstić information content (AvgIpc) is 2.42. The lowest BCUT2D eigenvalue weighted by atomic mass is 10.0. The van der Waals surface area contributed by atoms with Crippen LogP contribution in [0.25, 0.3) is 0 Å². The van der Waals surface area contributed by atoms with Gasteiger partial charge in [-0.15, -0.1) is 0 Å². The quantitative estimate of drug-likeness (QED) is 0.727. The molecule has 1 aliphatic rings. The number of nitrogens with one attached hydrogen (secondary N) is 1. The standard InChI is InChI=1S/C14H19ClN4O2/c15-9-4-5-11(10(16)7-9)18-13(20)8-19-6-2-1-3-12(19)14(17)21/h4-5,7,12H,1-3,6,8,16H2,(H2,17,21)(H,18,20). The highest BCUT2D eigenvalue weighted by molar-refractivity contribution is 6.31. The SMILES string of the molecule is NC(=O)C1CCCCN1CC(=O)Nc1ccc(Cl)cc1N. The summed E-state index contributed by atoms with van der Waals surface area (Å²) in [6.45, 7) is 0.812. The molecule has 2 rings (SSSR count). The Morgan fingerprint density at radius 1 is 1.38 bits per heavy atom. The van der Waals surface area contributed by atoms with Crippen LogP contribution in [0.15, 0.2) is 18.2 Å². The van der Waals surface area contributed by atoms with Crippen LogP contribution in [-0.2, 0) is 9.59 Å². The summed E-state index contributed by atoms with van der Waals surface area (Å²) in [5.74, 6) is -0.606. The zero-order valence-corrected chi connectivity index (χ0v) is 12.4. The zero-order valence-electron chi connectivity index (χ0n) is 11.6. The van der Waals surface area contributed by atoms with Gasteiger partial charge in [-0.3, -0.25) is 14.5 Å². The molecule has 1 unspecified atom stereocenters. The van der Waals surface area contributed by atoms with Crippen molar-refractivity contribution in [1.29, 1.82) is 0 Å². The molecule has 1 aromatic rings. The number of hydrogen-bond acceptors (Lipinski definition) is 4. The minimum atomic E-state index is -0.381. The van der Waals surface area contributed by atoms with E-state index in [2.05, 4.69) is 5.32 Å². The van der Waals surface area contributed by atoms with E-state index in [1.165, 1.54) is 0 Å². The van der Waals surface area contributed by atoms with Crippen molar-refractivity contribution in [3.8, 4) is 0 Å². The molecule has 6 nitrogen and oxygen atoms in total. The van der Waals surface area contributed by atoms with E-state index >= 15 is 0 Å². The summed E-state index contributed by atoms with van der Waals surface area (Å²) in [5, 5.41) is 3.24. The molecule has 1 fully saturated rings. The molecule has 1 aromatic carbocycles. The third kappa shape index (κ3) is 4.09. The molecular formula is C14H19ClN4O2. The maximum Gasteiger partial charge on any atom is 0.238 e. The molecular weight excluding hydrogens is 292 g/mol. The second-order valence-corrected chi connectivity index (χ2v) is 5.60. The molecule has 0 bridgehead atoms.